The first kappa shape index (κ1) is 13.1. The summed E-state index contributed by atoms with van der Waals surface area (Å²) in [5.74, 6) is 1.19. The number of thiophene rings is 1. The van der Waals surface area contributed by atoms with Crippen LogP contribution in [0.3, 0.4) is 0 Å². The van der Waals surface area contributed by atoms with E-state index in [1.807, 2.05) is 23.1 Å². The Morgan fingerprint density at radius 2 is 2.13 bits per heavy atom. The van der Waals surface area contributed by atoms with Crippen LogP contribution in [-0.4, -0.2) is 17.0 Å². The molecule has 0 fully saturated rings. The van der Waals surface area contributed by atoms with Crippen LogP contribution in [0.15, 0.2) is 11.4 Å². The molecule has 1 N–H and O–H groups in total. The van der Waals surface area contributed by atoms with Crippen molar-refractivity contribution in [1.82, 2.24) is 5.32 Å². The number of nitrogens with one attached hydrogen (secondary N) is 1. The second-order valence-corrected chi connectivity index (χ2v) is 7.59. The molecule has 0 saturated heterocycles. The highest BCUT2D eigenvalue weighted by Crippen LogP contribution is 2.22. The van der Waals surface area contributed by atoms with E-state index in [1.165, 1.54) is 16.2 Å². The van der Waals surface area contributed by atoms with Gasteiger partial charge in [-0.1, -0.05) is 20.8 Å². The maximum atomic E-state index is 3.49. The summed E-state index contributed by atoms with van der Waals surface area (Å²) in [5.41, 5.74) is 1.41. The Hall–Kier alpha value is 0.01000. The predicted molar refractivity (Wildman–Crippen MR) is 73.0 cm³/mol. The lowest BCUT2D eigenvalue weighted by Crippen LogP contribution is -2.19. The van der Waals surface area contributed by atoms with Gasteiger partial charge in [0.2, 0.25) is 0 Å². The normalized spacial score (nSPS) is 12.0. The summed E-state index contributed by atoms with van der Waals surface area (Å²) in [5, 5.41) is 5.65. The molecule has 1 nitrogen and oxygen atoms in total. The molecule has 1 aromatic heterocycles. The number of thioether (sulfide) groups is 1. The number of hydrogen-bond donors (Lipinski definition) is 1. The van der Waals surface area contributed by atoms with Gasteiger partial charge >= 0.3 is 0 Å². The minimum Gasteiger partial charge on any atom is -0.311 e. The Morgan fingerprint density at radius 1 is 1.40 bits per heavy atom. The molecule has 0 spiro atoms. The van der Waals surface area contributed by atoms with Gasteiger partial charge in [-0.15, -0.1) is 11.3 Å². The zero-order valence-corrected chi connectivity index (χ0v) is 11.7. The number of aryl methyl sites for hydroxylation is 1. The fourth-order valence-electron chi connectivity index (χ4n) is 1.22. The molecular weight excluding hydrogens is 222 g/mol. The van der Waals surface area contributed by atoms with Crippen molar-refractivity contribution in [2.75, 3.05) is 12.3 Å². The lowest BCUT2D eigenvalue weighted by Gasteiger charge is -2.17. The molecule has 1 rings (SSSR count). The largest absolute Gasteiger partial charge is 0.311 e. The van der Waals surface area contributed by atoms with Crippen LogP contribution in [-0.2, 0) is 6.54 Å². The van der Waals surface area contributed by atoms with Gasteiger partial charge in [0.1, 0.15) is 0 Å². The van der Waals surface area contributed by atoms with Crippen LogP contribution in [0.5, 0.6) is 0 Å². The highest BCUT2D eigenvalue weighted by atomic mass is 32.2. The second-order valence-electron chi connectivity index (χ2n) is 4.66. The molecule has 3 heteroatoms. The molecule has 0 radical (unpaired) electrons. The van der Waals surface area contributed by atoms with Gasteiger partial charge in [-0.2, -0.15) is 11.8 Å². The van der Waals surface area contributed by atoms with Gasteiger partial charge in [-0.25, -0.2) is 0 Å². The summed E-state index contributed by atoms with van der Waals surface area (Å²) in [6.07, 6.45) is 0. The van der Waals surface area contributed by atoms with Crippen molar-refractivity contribution >= 4 is 23.1 Å². The van der Waals surface area contributed by atoms with Crippen LogP contribution in [0, 0.1) is 6.92 Å². The van der Waals surface area contributed by atoms with Gasteiger partial charge in [0.05, 0.1) is 0 Å². The first-order valence-electron chi connectivity index (χ1n) is 5.37. The zero-order valence-electron chi connectivity index (χ0n) is 10.1. The molecule has 0 bridgehead atoms. The van der Waals surface area contributed by atoms with E-state index in [9.17, 15) is 0 Å². The van der Waals surface area contributed by atoms with Crippen molar-refractivity contribution < 1.29 is 0 Å². The highest BCUT2D eigenvalue weighted by Gasteiger charge is 2.09. The van der Waals surface area contributed by atoms with Gasteiger partial charge in [0.15, 0.2) is 0 Å². The van der Waals surface area contributed by atoms with Gasteiger partial charge in [-0.05, 0) is 23.9 Å². The zero-order chi connectivity index (χ0) is 11.3. The van der Waals surface area contributed by atoms with Crippen LogP contribution in [0.1, 0.15) is 31.2 Å². The average Bonchev–Trinajstić information content (AvgIpc) is 2.49. The SMILES string of the molecule is Cc1ccsc1CNCCSC(C)(C)C. The van der Waals surface area contributed by atoms with Crippen molar-refractivity contribution in [2.24, 2.45) is 0 Å². The molecule has 15 heavy (non-hydrogen) atoms. The Balaban J connectivity index is 2.10. The van der Waals surface area contributed by atoms with E-state index in [1.54, 1.807) is 0 Å². The summed E-state index contributed by atoms with van der Waals surface area (Å²) < 4.78 is 0.389. The first-order valence-corrected chi connectivity index (χ1v) is 7.23. The maximum Gasteiger partial charge on any atom is 0.0302 e. The van der Waals surface area contributed by atoms with Crippen LogP contribution < -0.4 is 5.32 Å². The summed E-state index contributed by atoms with van der Waals surface area (Å²) in [7, 11) is 0. The van der Waals surface area contributed by atoms with E-state index in [2.05, 4.69) is 44.5 Å². The highest BCUT2D eigenvalue weighted by molar-refractivity contribution is 8.00. The lowest BCUT2D eigenvalue weighted by molar-refractivity contribution is 0.731. The first-order chi connectivity index (χ1) is 6.99. The topological polar surface area (TPSA) is 12.0 Å². The Bertz CT molecular complexity index is 286. The third-order valence-electron chi connectivity index (χ3n) is 2.07. The van der Waals surface area contributed by atoms with E-state index in [0.717, 1.165) is 13.1 Å². The molecule has 0 aliphatic carbocycles. The molecule has 1 heterocycles. The van der Waals surface area contributed by atoms with E-state index >= 15 is 0 Å². The number of hydrogen-bond acceptors (Lipinski definition) is 3. The molecule has 0 saturated carbocycles. The molecule has 86 valence electrons. The quantitative estimate of drug-likeness (QED) is 0.792. The predicted octanol–water partition coefficient (Wildman–Crippen LogP) is 3.68. The summed E-state index contributed by atoms with van der Waals surface area (Å²) >= 11 is 3.86. The van der Waals surface area contributed by atoms with Crippen molar-refractivity contribution in [3.8, 4) is 0 Å². The smallest absolute Gasteiger partial charge is 0.0302 e. The van der Waals surface area contributed by atoms with Gasteiger partial charge < -0.3 is 5.32 Å². The monoisotopic (exact) mass is 243 g/mol. The van der Waals surface area contributed by atoms with Gasteiger partial charge in [0.25, 0.3) is 0 Å². The van der Waals surface area contributed by atoms with Crippen LogP contribution in [0.4, 0.5) is 0 Å². The van der Waals surface area contributed by atoms with Gasteiger partial charge in [-0.3, -0.25) is 0 Å². The van der Waals surface area contributed by atoms with Crippen molar-refractivity contribution in [3.63, 3.8) is 0 Å². The molecule has 0 aliphatic rings. The van der Waals surface area contributed by atoms with Crippen molar-refractivity contribution in [1.29, 1.82) is 0 Å². The standard InChI is InChI=1S/C12H21NS2/c1-10-5-7-14-11(10)9-13-6-8-15-12(2,3)4/h5,7,13H,6,8-9H2,1-4H3. The second kappa shape index (κ2) is 5.92. The molecule has 0 unspecified atom stereocenters. The van der Waals surface area contributed by atoms with Crippen LogP contribution in [0.25, 0.3) is 0 Å². The molecule has 1 aromatic rings. The van der Waals surface area contributed by atoms with Crippen molar-refractivity contribution in [2.45, 2.75) is 39.0 Å². The van der Waals surface area contributed by atoms with Gasteiger partial charge in [0, 0.05) is 28.5 Å². The minimum atomic E-state index is 0.389. The molecule has 0 amide bonds. The lowest BCUT2D eigenvalue weighted by atomic mass is 10.3. The summed E-state index contributed by atoms with van der Waals surface area (Å²) in [4.78, 5) is 1.47. The molecule has 0 aromatic carbocycles. The molecule has 0 aliphatic heterocycles. The van der Waals surface area contributed by atoms with E-state index in [0.29, 0.717) is 4.75 Å². The van der Waals surface area contributed by atoms with E-state index < -0.39 is 0 Å². The third kappa shape index (κ3) is 5.59. The van der Waals surface area contributed by atoms with Crippen LogP contribution in [0.2, 0.25) is 0 Å². The van der Waals surface area contributed by atoms with E-state index in [4.69, 9.17) is 0 Å². The Labute approximate surface area is 102 Å². The third-order valence-corrected chi connectivity index (χ3v) is 4.36. The van der Waals surface area contributed by atoms with E-state index in [-0.39, 0.29) is 0 Å². The maximum absolute atomic E-state index is 3.49. The summed E-state index contributed by atoms with van der Waals surface area (Å²) in [6.45, 7) is 11.1. The molecule has 0 atom stereocenters. The van der Waals surface area contributed by atoms with Crippen LogP contribution >= 0.6 is 23.1 Å². The minimum absolute atomic E-state index is 0.389. The average molecular weight is 243 g/mol. The fourth-order valence-corrected chi connectivity index (χ4v) is 2.95. The number of rotatable bonds is 5. The fraction of sp³-hybridized carbons (Fsp3) is 0.667. The Kier molecular flexibility index (Phi) is 5.16. The molecular formula is C12H21NS2. The Morgan fingerprint density at radius 3 is 2.67 bits per heavy atom. The summed E-state index contributed by atoms with van der Waals surface area (Å²) in [6, 6.07) is 2.19. The van der Waals surface area contributed by atoms with Crippen molar-refractivity contribution in [3.05, 3.63) is 21.9 Å².